The maximum Gasteiger partial charge on any atom is 0.324 e. The molecule has 76 valence electrons. The van der Waals surface area contributed by atoms with Gasteiger partial charge in [-0.3, -0.25) is 9.69 Å². The summed E-state index contributed by atoms with van der Waals surface area (Å²) in [6.45, 7) is 2.35. The van der Waals surface area contributed by atoms with E-state index in [1.165, 1.54) is 4.90 Å². The number of imide groups is 1. The third-order valence-corrected chi connectivity index (χ3v) is 2.46. The average Bonchev–Trinajstić information content (AvgIpc) is 2.51. The number of hydrogen-bond acceptors (Lipinski definition) is 3. The second-order valence-electron chi connectivity index (χ2n) is 3.46. The first-order valence-corrected chi connectivity index (χ1v) is 4.74. The van der Waals surface area contributed by atoms with Crippen LogP contribution in [0.25, 0.3) is 0 Å². The first kappa shape index (κ1) is 9.21. The predicted molar refractivity (Wildman–Crippen MR) is 50.7 cm³/mol. The van der Waals surface area contributed by atoms with Crippen LogP contribution >= 0.6 is 0 Å². The highest BCUT2D eigenvalue weighted by molar-refractivity contribution is 6.02. The Balaban J connectivity index is 1.99. The van der Waals surface area contributed by atoms with Crippen LogP contribution in [0.1, 0.15) is 6.42 Å². The van der Waals surface area contributed by atoms with Gasteiger partial charge in [-0.05, 0) is 13.0 Å². The van der Waals surface area contributed by atoms with Crippen LogP contribution in [-0.2, 0) is 4.79 Å². The van der Waals surface area contributed by atoms with Crippen molar-refractivity contribution in [2.75, 3.05) is 26.2 Å². The fraction of sp³-hybridized carbons (Fsp3) is 0.556. The molecule has 2 aliphatic rings. The number of urea groups is 1. The van der Waals surface area contributed by atoms with Gasteiger partial charge in [0.1, 0.15) is 0 Å². The molecule has 0 aliphatic carbocycles. The molecule has 0 atom stereocenters. The zero-order chi connectivity index (χ0) is 9.97. The van der Waals surface area contributed by atoms with Crippen molar-refractivity contribution in [2.24, 2.45) is 0 Å². The van der Waals surface area contributed by atoms with Gasteiger partial charge in [-0.15, -0.1) is 0 Å². The van der Waals surface area contributed by atoms with Crippen molar-refractivity contribution in [2.45, 2.75) is 6.42 Å². The molecule has 0 aromatic carbocycles. The van der Waals surface area contributed by atoms with Crippen molar-refractivity contribution in [1.29, 1.82) is 0 Å². The first-order chi connectivity index (χ1) is 6.77. The summed E-state index contributed by atoms with van der Waals surface area (Å²) in [7, 11) is 0. The third-order valence-electron chi connectivity index (χ3n) is 2.46. The number of nitrogens with one attached hydrogen (secondary N) is 2. The maximum atomic E-state index is 11.3. The lowest BCUT2D eigenvalue weighted by Gasteiger charge is -2.18. The van der Waals surface area contributed by atoms with Gasteiger partial charge in [0.05, 0.1) is 13.1 Å². The SMILES string of the molecule is O=C1CNC(=O)N1CC1=CCNCC1. The Labute approximate surface area is 82.1 Å². The molecule has 0 aromatic rings. The van der Waals surface area contributed by atoms with Gasteiger partial charge in [0.25, 0.3) is 0 Å². The molecule has 14 heavy (non-hydrogen) atoms. The van der Waals surface area contributed by atoms with Gasteiger partial charge >= 0.3 is 6.03 Å². The van der Waals surface area contributed by atoms with Gasteiger partial charge in [0.2, 0.25) is 5.91 Å². The second kappa shape index (κ2) is 3.79. The highest BCUT2D eigenvalue weighted by atomic mass is 16.2. The van der Waals surface area contributed by atoms with E-state index in [9.17, 15) is 9.59 Å². The normalized spacial score (nSPS) is 22.3. The summed E-state index contributed by atoms with van der Waals surface area (Å²) in [4.78, 5) is 23.7. The Hall–Kier alpha value is -1.36. The molecule has 2 N–H and O–H groups in total. The molecule has 0 bridgehead atoms. The molecule has 1 fully saturated rings. The summed E-state index contributed by atoms with van der Waals surface area (Å²) >= 11 is 0. The molecule has 2 heterocycles. The van der Waals surface area contributed by atoms with Crippen molar-refractivity contribution < 1.29 is 9.59 Å². The summed E-state index contributed by atoms with van der Waals surface area (Å²) in [6, 6.07) is -0.269. The molecule has 0 radical (unpaired) electrons. The fourth-order valence-corrected chi connectivity index (χ4v) is 1.63. The summed E-state index contributed by atoms with van der Waals surface area (Å²) in [5, 5.41) is 5.69. The van der Waals surface area contributed by atoms with Crippen LogP contribution in [0.15, 0.2) is 11.6 Å². The van der Waals surface area contributed by atoms with Crippen molar-refractivity contribution in [3.05, 3.63) is 11.6 Å². The van der Waals surface area contributed by atoms with Crippen LogP contribution in [-0.4, -0.2) is 43.0 Å². The van der Waals surface area contributed by atoms with Crippen molar-refractivity contribution in [1.82, 2.24) is 15.5 Å². The molecule has 2 rings (SSSR count). The Morgan fingerprint density at radius 3 is 2.86 bits per heavy atom. The lowest BCUT2D eigenvalue weighted by molar-refractivity contribution is -0.124. The number of amides is 3. The Kier molecular flexibility index (Phi) is 2.49. The van der Waals surface area contributed by atoms with E-state index >= 15 is 0 Å². The van der Waals surface area contributed by atoms with Crippen LogP contribution in [0, 0.1) is 0 Å². The lowest BCUT2D eigenvalue weighted by Crippen LogP contribution is -2.34. The molecule has 3 amide bonds. The zero-order valence-corrected chi connectivity index (χ0v) is 7.88. The highest BCUT2D eigenvalue weighted by Crippen LogP contribution is 2.09. The third kappa shape index (κ3) is 1.77. The van der Waals surface area contributed by atoms with Crippen molar-refractivity contribution >= 4 is 11.9 Å². The lowest BCUT2D eigenvalue weighted by atomic mass is 10.1. The van der Waals surface area contributed by atoms with Gasteiger partial charge in [0.15, 0.2) is 0 Å². The zero-order valence-electron chi connectivity index (χ0n) is 7.88. The van der Waals surface area contributed by atoms with E-state index in [2.05, 4.69) is 10.6 Å². The molecule has 0 unspecified atom stereocenters. The summed E-state index contributed by atoms with van der Waals surface area (Å²) < 4.78 is 0. The highest BCUT2D eigenvalue weighted by Gasteiger charge is 2.28. The smallest absolute Gasteiger partial charge is 0.324 e. The fourth-order valence-electron chi connectivity index (χ4n) is 1.63. The molecular formula is C9H13N3O2. The van der Waals surface area contributed by atoms with E-state index in [0.717, 1.165) is 25.1 Å². The average molecular weight is 195 g/mol. The van der Waals surface area contributed by atoms with E-state index < -0.39 is 0 Å². The van der Waals surface area contributed by atoms with E-state index in [1.807, 2.05) is 6.08 Å². The molecule has 5 heteroatoms. The molecule has 0 aromatic heterocycles. The van der Waals surface area contributed by atoms with E-state index in [0.29, 0.717) is 6.54 Å². The summed E-state index contributed by atoms with van der Waals surface area (Å²) in [6.07, 6.45) is 2.96. The molecule has 1 saturated heterocycles. The molecule has 2 aliphatic heterocycles. The number of rotatable bonds is 2. The van der Waals surface area contributed by atoms with Crippen LogP contribution in [0.2, 0.25) is 0 Å². The standard InChI is InChI=1S/C9H13N3O2/c13-8-5-11-9(14)12(8)6-7-1-3-10-4-2-7/h1,10H,2-6H2,(H,11,14). The van der Waals surface area contributed by atoms with E-state index in [1.54, 1.807) is 0 Å². The molecule has 0 spiro atoms. The minimum atomic E-state index is -0.269. The maximum absolute atomic E-state index is 11.3. The number of carbonyl (C=O) groups is 2. The van der Waals surface area contributed by atoms with Crippen molar-refractivity contribution in [3.63, 3.8) is 0 Å². The van der Waals surface area contributed by atoms with Gasteiger partial charge in [-0.25, -0.2) is 4.79 Å². The monoisotopic (exact) mass is 195 g/mol. The number of nitrogens with zero attached hydrogens (tertiary/aromatic N) is 1. The topological polar surface area (TPSA) is 61.4 Å². The molecular weight excluding hydrogens is 182 g/mol. The quantitative estimate of drug-likeness (QED) is 0.459. The summed E-state index contributed by atoms with van der Waals surface area (Å²) in [5.74, 6) is -0.130. The predicted octanol–water partition coefficient (Wildman–Crippen LogP) is -0.542. The van der Waals surface area contributed by atoms with Crippen molar-refractivity contribution in [3.8, 4) is 0 Å². The van der Waals surface area contributed by atoms with E-state index in [-0.39, 0.29) is 18.5 Å². The molecule has 5 nitrogen and oxygen atoms in total. The van der Waals surface area contributed by atoms with Gasteiger partial charge in [0, 0.05) is 6.54 Å². The Morgan fingerprint density at radius 2 is 2.29 bits per heavy atom. The minimum Gasteiger partial charge on any atom is -0.329 e. The van der Waals surface area contributed by atoms with Gasteiger partial charge in [-0.2, -0.15) is 0 Å². The Morgan fingerprint density at radius 1 is 1.43 bits per heavy atom. The van der Waals surface area contributed by atoms with Crippen LogP contribution < -0.4 is 10.6 Å². The second-order valence-corrected chi connectivity index (χ2v) is 3.46. The van der Waals surface area contributed by atoms with Gasteiger partial charge in [-0.1, -0.05) is 11.6 Å². The van der Waals surface area contributed by atoms with Gasteiger partial charge < -0.3 is 10.6 Å². The first-order valence-electron chi connectivity index (χ1n) is 4.74. The Bertz CT molecular complexity index is 282. The number of carbonyl (C=O) groups excluding carboxylic acids is 2. The van der Waals surface area contributed by atoms with Crippen LogP contribution in [0.3, 0.4) is 0 Å². The van der Waals surface area contributed by atoms with Crippen LogP contribution in [0.5, 0.6) is 0 Å². The van der Waals surface area contributed by atoms with E-state index in [4.69, 9.17) is 0 Å². The van der Waals surface area contributed by atoms with Crippen LogP contribution in [0.4, 0.5) is 4.79 Å². The minimum absolute atomic E-state index is 0.130. The largest absolute Gasteiger partial charge is 0.329 e. The molecule has 0 saturated carbocycles. The summed E-state index contributed by atoms with van der Waals surface area (Å²) in [5.41, 5.74) is 1.16. The number of hydrogen-bond donors (Lipinski definition) is 2.